The van der Waals surface area contributed by atoms with E-state index in [0.29, 0.717) is 5.82 Å². The molecule has 4 rings (SSSR count). The molecule has 0 saturated carbocycles. The summed E-state index contributed by atoms with van der Waals surface area (Å²) in [6, 6.07) is 15.4. The molecule has 0 unspecified atom stereocenters. The summed E-state index contributed by atoms with van der Waals surface area (Å²) in [4.78, 5) is 13.9. The van der Waals surface area contributed by atoms with Crippen LogP contribution in [-0.4, -0.2) is 42.5 Å². The first kappa shape index (κ1) is 20.1. The van der Waals surface area contributed by atoms with Gasteiger partial charge in [0.15, 0.2) is 12.4 Å². The highest BCUT2D eigenvalue weighted by Gasteiger charge is 2.16. The molecule has 1 N–H and O–H groups in total. The molecule has 1 amide bonds. The van der Waals surface area contributed by atoms with Gasteiger partial charge in [0.1, 0.15) is 5.75 Å². The molecule has 2 heterocycles. The number of anilines is 1. The van der Waals surface area contributed by atoms with E-state index in [9.17, 15) is 13.6 Å². The van der Waals surface area contributed by atoms with Crippen LogP contribution >= 0.6 is 0 Å². The fourth-order valence-electron chi connectivity index (χ4n) is 2.82. The molecule has 2 aromatic carbocycles. The van der Waals surface area contributed by atoms with Crippen molar-refractivity contribution in [2.24, 2.45) is 0 Å². The van der Waals surface area contributed by atoms with Crippen molar-refractivity contribution in [3.8, 4) is 17.1 Å². The summed E-state index contributed by atoms with van der Waals surface area (Å²) >= 11 is 0. The number of carbonyl (C=O) groups is 1. The Hall–Kier alpha value is -4.15. The maximum atomic E-state index is 12.6. The second-order valence-corrected chi connectivity index (χ2v) is 6.57. The fraction of sp³-hybridized carbons (Fsp3) is 0.150. The molecule has 0 saturated heterocycles. The lowest BCUT2D eigenvalue weighted by molar-refractivity contribution is -0.0493. The summed E-state index contributed by atoms with van der Waals surface area (Å²) in [6.45, 7) is -1.10. The van der Waals surface area contributed by atoms with E-state index >= 15 is 0 Å². The maximum absolute atomic E-state index is 12.6. The molecule has 0 spiro atoms. The molecule has 0 aliphatic rings. The van der Waals surface area contributed by atoms with Crippen LogP contribution in [-0.2, 0) is 6.67 Å². The van der Waals surface area contributed by atoms with Crippen molar-refractivity contribution in [2.45, 2.75) is 20.2 Å². The standard InChI is InChI=1S/C20H17F2N7O2/c1-13-7-8-17(31-20(21)22)16(11-13)23-19(30)15-9-10-28(25-15)12-29-26-18(24-27-29)14-5-3-2-4-6-14/h2-11,20H,12H2,1H3,(H,23,30). The molecule has 9 nitrogen and oxygen atoms in total. The fourth-order valence-corrected chi connectivity index (χ4v) is 2.82. The van der Waals surface area contributed by atoms with Crippen LogP contribution in [0.4, 0.5) is 14.5 Å². The average Bonchev–Trinajstić information content (AvgIpc) is 3.41. The summed E-state index contributed by atoms with van der Waals surface area (Å²) in [5, 5.41) is 19.0. The van der Waals surface area contributed by atoms with Gasteiger partial charge < -0.3 is 10.1 Å². The largest absolute Gasteiger partial charge is 0.433 e. The second-order valence-electron chi connectivity index (χ2n) is 6.57. The molecule has 0 aliphatic carbocycles. The third kappa shape index (κ3) is 4.89. The zero-order valence-corrected chi connectivity index (χ0v) is 16.3. The number of nitrogens with one attached hydrogen (secondary N) is 1. The number of hydrogen-bond acceptors (Lipinski definition) is 6. The number of amides is 1. The second kappa shape index (κ2) is 8.69. The van der Waals surface area contributed by atoms with Gasteiger partial charge in [0.2, 0.25) is 5.82 Å². The molecule has 0 atom stereocenters. The third-order valence-electron chi connectivity index (χ3n) is 4.23. The number of tetrazole rings is 1. The van der Waals surface area contributed by atoms with Crippen LogP contribution in [0.25, 0.3) is 11.4 Å². The Balaban J connectivity index is 1.45. The van der Waals surface area contributed by atoms with Gasteiger partial charge in [-0.3, -0.25) is 4.79 Å². The highest BCUT2D eigenvalue weighted by atomic mass is 19.3. The predicted molar refractivity (Wildman–Crippen MR) is 107 cm³/mol. The van der Waals surface area contributed by atoms with Gasteiger partial charge in [-0.1, -0.05) is 36.4 Å². The first-order valence-electron chi connectivity index (χ1n) is 9.21. The van der Waals surface area contributed by atoms with Crippen molar-refractivity contribution in [1.29, 1.82) is 0 Å². The van der Waals surface area contributed by atoms with E-state index in [4.69, 9.17) is 0 Å². The lowest BCUT2D eigenvalue weighted by atomic mass is 10.2. The highest BCUT2D eigenvalue weighted by Crippen LogP contribution is 2.27. The van der Waals surface area contributed by atoms with Crippen molar-refractivity contribution in [2.75, 3.05) is 5.32 Å². The molecule has 0 bridgehead atoms. The predicted octanol–water partition coefficient (Wildman–Crippen LogP) is 3.20. The van der Waals surface area contributed by atoms with E-state index in [2.05, 4.69) is 30.6 Å². The average molecular weight is 425 g/mol. The molecule has 0 fully saturated rings. The van der Waals surface area contributed by atoms with Gasteiger partial charge in [-0.05, 0) is 35.9 Å². The number of ether oxygens (including phenoxy) is 1. The van der Waals surface area contributed by atoms with E-state index in [-0.39, 0.29) is 23.8 Å². The number of nitrogens with zero attached hydrogens (tertiary/aromatic N) is 6. The smallest absolute Gasteiger partial charge is 0.387 e. The zero-order valence-electron chi connectivity index (χ0n) is 16.3. The van der Waals surface area contributed by atoms with E-state index in [1.807, 2.05) is 30.3 Å². The lowest BCUT2D eigenvalue weighted by Crippen LogP contribution is -2.16. The van der Waals surface area contributed by atoms with Crippen molar-refractivity contribution in [3.63, 3.8) is 0 Å². The molecule has 2 aromatic heterocycles. The van der Waals surface area contributed by atoms with Gasteiger partial charge in [-0.2, -0.15) is 13.9 Å². The number of hydrogen-bond donors (Lipinski definition) is 1. The highest BCUT2D eigenvalue weighted by molar-refractivity contribution is 6.03. The Morgan fingerprint density at radius 1 is 1.13 bits per heavy atom. The Morgan fingerprint density at radius 2 is 1.94 bits per heavy atom. The molecule has 0 radical (unpaired) electrons. The van der Waals surface area contributed by atoms with Crippen molar-refractivity contribution < 1.29 is 18.3 Å². The topological polar surface area (TPSA) is 99.8 Å². The number of halogens is 2. The Labute approximate surface area is 175 Å². The quantitative estimate of drug-likeness (QED) is 0.488. The van der Waals surface area contributed by atoms with Gasteiger partial charge >= 0.3 is 6.61 Å². The molecular formula is C20H17F2N7O2. The van der Waals surface area contributed by atoms with E-state index < -0.39 is 12.5 Å². The maximum Gasteiger partial charge on any atom is 0.387 e. The molecule has 11 heteroatoms. The van der Waals surface area contributed by atoms with Crippen molar-refractivity contribution in [3.05, 3.63) is 72.1 Å². The number of aromatic nitrogens is 6. The van der Waals surface area contributed by atoms with E-state index in [1.165, 1.54) is 27.7 Å². The number of carbonyl (C=O) groups excluding carboxylic acids is 1. The summed E-state index contributed by atoms with van der Waals surface area (Å²) in [6.07, 6.45) is 1.58. The van der Waals surface area contributed by atoms with Crippen LogP contribution in [0.5, 0.6) is 5.75 Å². The van der Waals surface area contributed by atoms with Gasteiger partial charge in [-0.15, -0.1) is 15.0 Å². The molecule has 0 aliphatic heterocycles. The number of benzene rings is 2. The lowest BCUT2D eigenvalue weighted by Gasteiger charge is -2.12. The molecule has 4 aromatic rings. The normalized spacial score (nSPS) is 11.0. The monoisotopic (exact) mass is 425 g/mol. The number of aryl methyl sites for hydroxylation is 1. The Morgan fingerprint density at radius 3 is 2.71 bits per heavy atom. The summed E-state index contributed by atoms with van der Waals surface area (Å²) in [5.74, 6) is -0.231. The van der Waals surface area contributed by atoms with Crippen LogP contribution < -0.4 is 10.1 Å². The first-order chi connectivity index (χ1) is 15.0. The van der Waals surface area contributed by atoms with Gasteiger partial charge in [0.05, 0.1) is 5.69 Å². The zero-order chi connectivity index (χ0) is 21.8. The van der Waals surface area contributed by atoms with Gasteiger partial charge in [0, 0.05) is 11.8 Å². The first-order valence-corrected chi connectivity index (χ1v) is 9.21. The molecule has 31 heavy (non-hydrogen) atoms. The minimum atomic E-state index is -3.01. The minimum absolute atomic E-state index is 0.0906. The van der Waals surface area contributed by atoms with Crippen molar-refractivity contribution in [1.82, 2.24) is 30.0 Å². The van der Waals surface area contributed by atoms with E-state index in [1.54, 1.807) is 19.2 Å². The van der Waals surface area contributed by atoms with Crippen molar-refractivity contribution >= 4 is 11.6 Å². The summed E-state index contributed by atoms with van der Waals surface area (Å²) < 4.78 is 31.1. The van der Waals surface area contributed by atoms with Gasteiger partial charge in [-0.25, -0.2) is 4.68 Å². The summed E-state index contributed by atoms with van der Waals surface area (Å²) in [5.41, 5.74) is 1.82. The Kier molecular flexibility index (Phi) is 5.65. The SMILES string of the molecule is Cc1ccc(OC(F)F)c(NC(=O)c2ccn(Cn3nnc(-c4ccccc4)n3)n2)c1. The van der Waals surface area contributed by atoms with Crippen LogP contribution in [0.15, 0.2) is 60.8 Å². The Bertz CT molecular complexity index is 1190. The number of alkyl halides is 2. The van der Waals surface area contributed by atoms with E-state index in [0.717, 1.165) is 11.1 Å². The summed E-state index contributed by atoms with van der Waals surface area (Å²) in [7, 11) is 0. The molecule has 158 valence electrons. The number of rotatable bonds is 7. The van der Waals surface area contributed by atoms with Crippen LogP contribution in [0.2, 0.25) is 0 Å². The van der Waals surface area contributed by atoms with Crippen LogP contribution in [0.1, 0.15) is 16.1 Å². The van der Waals surface area contributed by atoms with Crippen LogP contribution in [0, 0.1) is 6.92 Å². The van der Waals surface area contributed by atoms with Crippen LogP contribution in [0.3, 0.4) is 0 Å². The van der Waals surface area contributed by atoms with Gasteiger partial charge in [0.25, 0.3) is 5.91 Å². The minimum Gasteiger partial charge on any atom is -0.433 e. The third-order valence-corrected chi connectivity index (χ3v) is 4.23. The molecular weight excluding hydrogens is 408 g/mol.